The van der Waals surface area contributed by atoms with Crippen LogP contribution in [0.2, 0.25) is 5.02 Å². The van der Waals surface area contributed by atoms with Gasteiger partial charge in [-0.25, -0.2) is 4.98 Å². The topological polar surface area (TPSA) is 28.7 Å². The van der Waals surface area contributed by atoms with Crippen LogP contribution in [0.4, 0.5) is 0 Å². The van der Waals surface area contributed by atoms with Crippen LogP contribution in [-0.4, -0.2) is 9.97 Å². The Bertz CT molecular complexity index is 360. The average Bonchev–Trinajstić information content (AvgIpc) is 2.45. The molecule has 0 aliphatic heterocycles. The van der Waals surface area contributed by atoms with E-state index in [0.717, 1.165) is 15.5 Å². The van der Waals surface area contributed by atoms with Gasteiger partial charge < -0.3 is 4.98 Å². The predicted octanol–water partition coefficient (Wildman–Crippen LogP) is 2.98. The van der Waals surface area contributed by atoms with E-state index in [0.29, 0.717) is 5.02 Å². The van der Waals surface area contributed by atoms with Crippen LogP contribution < -0.4 is 0 Å². The molecule has 0 unspecified atom stereocenters. The average molecular weight is 231 g/mol. The Hall–Kier alpha value is -0.540. The van der Waals surface area contributed by atoms with Crippen molar-refractivity contribution < 1.29 is 0 Å². The molecule has 2 nitrogen and oxygen atoms in total. The second-order valence-electron chi connectivity index (χ2n) is 2.16. The molecule has 0 fully saturated rings. The number of hydrogen-bond donors (Lipinski definition) is 1. The van der Waals surface area contributed by atoms with Gasteiger partial charge in [0, 0.05) is 4.47 Å². The van der Waals surface area contributed by atoms with Gasteiger partial charge in [0.1, 0.15) is 5.52 Å². The summed E-state index contributed by atoms with van der Waals surface area (Å²) in [5.74, 6) is 0. The van der Waals surface area contributed by atoms with Gasteiger partial charge in [-0.05, 0) is 28.1 Å². The number of nitrogens with one attached hydrogen (secondary N) is 1. The van der Waals surface area contributed by atoms with Crippen molar-refractivity contribution in [3.63, 3.8) is 0 Å². The number of rotatable bonds is 0. The molecule has 2 aromatic rings. The molecule has 56 valence electrons. The van der Waals surface area contributed by atoms with Gasteiger partial charge in [-0.3, -0.25) is 0 Å². The molecule has 0 saturated heterocycles. The summed E-state index contributed by atoms with van der Waals surface area (Å²) in [6, 6.07) is 3.71. The second-order valence-corrected chi connectivity index (χ2v) is 3.42. The third-order valence-electron chi connectivity index (χ3n) is 1.48. The standard InChI is InChI=1S/C7H4BrClN2/c8-4-1-2-5(9)7-6(4)10-3-11-7/h1-3H,(H,10,11). The molecule has 1 aromatic heterocycles. The van der Waals surface area contributed by atoms with E-state index in [-0.39, 0.29) is 0 Å². The monoisotopic (exact) mass is 230 g/mol. The van der Waals surface area contributed by atoms with Crippen LogP contribution in [0.15, 0.2) is 22.9 Å². The predicted molar refractivity (Wildman–Crippen MR) is 48.8 cm³/mol. The number of benzene rings is 1. The quantitative estimate of drug-likeness (QED) is 0.742. The third kappa shape index (κ3) is 1.04. The van der Waals surface area contributed by atoms with Crippen molar-refractivity contribution >= 4 is 38.6 Å². The van der Waals surface area contributed by atoms with Crippen LogP contribution >= 0.6 is 27.5 Å². The lowest BCUT2D eigenvalue weighted by atomic mass is 10.3. The van der Waals surface area contributed by atoms with Crippen LogP contribution in [0.3, 0.4) is 0 Å². The van der Waals surface area contributed by atoms with Gasteiger partial charge in [0.2, 0.25) is 0 Å². The zero-order chi connectivity index (χ0) is 7.84. The number of hydrogen-bond acceptors (Lipinski definition) is 1. The summed E-state index contributed by atoms with van der Waals surface area (Å²) < 4.78 is 0.957. The minimum Gasteiger partial charge on any atom is -0.343 e. The highest BCUT2D eigenvalue weighted by molar-refractivity contribution is 9.10. The fourth-order valence-corrected chi connectivity index (χ4v) is 1.61. The largest absolute Gasteiger partial charge is 0.343 e. The second kappa shape index (κ2) is 2.50. The molecular formula is C7H4BrClN2. The number of nitrogens with zero attached hydrogens (tertiary/aromatic N) is 1. The van der Waals surface area contributed by atoms with Gasteiger partial charge in [-0.2, -0.15) is 0 Å². The van der Waals surface area contributed by atoms with E-state index in [9.17, 15) is 0 Å². The van der Waals surface area contributed by atoms with Crippen molar-refractivity contribution in [1.29, 1.82) is 0 Å². The minimum absolute atomic E-state index is 0.695. The fourth-order valence-electron chi connectivity index (χ4n) is 0.966. The van der Waals surface area contributed by atoms with Crippen molar-refractivity contribution in [2.45, 2.75) is 0 Å². The molecule has 0 atom stereocenters. The zero-order valence-electron chi connectivity index (χ0n) is 5.44. The number of H-pyrrole nitrogens is 1. The van der Waals surface area contributed by atoms with Gasteiger partial charge in [0.25, 0.3) is 0 Å². The molecule has 0 aliphatic carbocycles. The Balaban J connectivity index is 2.96. The first-order chi connectivity index (χ1) is 5.29. The van der Waals surface area contributed by atoms with Crippen LogP contribution in [0.5, 0.6) is 0 Å². The van der Waals surface area contributed by atoms with Gasteiger partial charge in [0.15, 0.2) is 0 Å². The third-order valence-corrected chi connectivity index (χ3v) is 2.44. The molecule has 1 heterocycles. The number of aromatic amines is 1. The molecule has 1 aromatic carbocycles. The first kappa shape index (κ1) is 7.13. The summed E-state index contributed by atoms with van der Waals surface area (Å²) in [4.78, 5) is 7.05. The summed E-state index contributed by atoms with van der Waals surface area (Å²) in [6.07, 6.45) is 1.63. The molecule has 0 aliphatic rings. The molecular weight excluding hydrogens is 227 g/mol. The highest BCUT2D eigenvalue weighted by Gasteiger charge is 2.03. The summed E-state index contributed by atoms with van der Waals surface area (Å²) in [5, 5.41) is 0.695. The smallest absolute Gasteiger partial charge is 0.104 e. The number of halogens is 2. The minimum atomic E-state index is 0.695. The summed E-state index contributed by atoms with van der Waals surface area (Å²) >= 11 is 9.25. The van der Waals surface area contributed by atoms with E-state index in [4.69, 9.17) is 11.6 Å². The van der Waals surface area contributed by atoms with Gasteiger partial charge in [-0.15, -0.1) is 0 Å². The van der Waals surface area contributed by atoms with E-state index in [2.05, 4.69) is 25.9 Å². The van der Waals surface area contributed by atoms with E-state index in [1.54, 1.807) is 6.33 Å². The van der Waals surface area contributed by atoms with Crippen molar-refractivity contribution in [3.05, 3.63) is 28.0 Å². The van der Waals surface area contributed by atoms with Crippen molar-refractivity contribution in [3.8, 4) is 0 Å². The molecule has 0 amide bonds. The maximum Gasteiger partial charge on any atom is 0.104 e. The van der Waals surface area contributed by atoms with Crippen LogP contribution in [-0.2, 0) is 0 Å². The first-order valence-electron chi connectivity index (χ1n) is 3.06. The molecule has 0 saturated carbocycles. The lowest BCUT2D eigenvalue weighted by Gasteiger charge is -1.93. The molecule has 0 spiro atoms. The van der Waals surface area contributed by atoms with Crippen molar-refractivity contribution in [2.24, 2.45) is 0 Å². The summed E-state index contributed by atoms with van der Waals surface area (Å²) in [5.41, 5.74) is 1.75. The molecule has 0 bridgehead atoms. The van der Waals surface area contributed by atoms with Crippen LogP contribution in [0.25, 0.3) is 11.0 Å². The Morgan fingerprint density at radius 3 is 3.00 bits per heavy atom. The SMILES string of the molecule is Clc1ccc(Br)c2nc[nH]c12. The molecule has 1 N–H and O–H groups in total. The van der Waals surface area contributed by atoms with Crippen LogP contribution in [0, 0.1) is 0 Å². The van der Waals surface area contributed by atoms with Gasteiger partial charge in [-0.1, -0.05) is 11.6 Å². The number of imidazole rings is 1. The van der Waals surface area contributed by atoms with Crippen LogP contribution in [0.1, 0.15) is 0 Å². The lowest BCUT2D eigenvalue weighted by Crippen LogP contribution is -1.72. The molecule has 4 heteroatoms. The zero-order valence-corrected chi connectivity index (χ0v) is 7.78. The van der Waals surface area contributed by atoms with Gasteiger partial charge >= 0.3 is 0 Å². The Labute approximate surface area is 76.7 Å². The molecule has 2 rings (SSSR count). The maximum absolute atomic E-state index is 5.88. The van der Waals surface area contributed by atoms with Gasteiger partial charge in [0.05, 0.1) is 16.9 Å². The first-order valence-corrected chi connectivity index (χ1v) is 4.23. The normalized spacial score (nSPS) is 10.7. The van der Waals surface area contributed by atoms with E-state index in [1.807, 2.05) is 12.1 Å². The highest BCUT2D eigenvalue weighted by Crippen LogP contribution is 2.26. The Kier molecular flexibility index (Phi) is 1.62. The fraction of sp³-hybridized carbons (Fsp3) is 0. The highest BCUT2D eigenvalue weighted by atomic mass is 79.9. The van der Waals surface area contributed by atoms with Crippen molar-refractivity contribution in [1.82, 2.24) is 9.97 Å². The summed E-state index contributed by atoms with van der Waals surface area (Å²) in [6.45, 7) is 0. The Morgan fingerprint density at radius 2 is 2.27 bits per heavy atom. The number of fused-ring (bicyclic) bond motifs is 1. The van der Waals surface area contributed by atoms with E-state index in [1.165, 1.54) is 0 Å². The molecule has 11 heavy (non-hydrogen) atoms. The van der Waals surface area contributed by atoms with E-state index < -0.39 is 0 Å². The molecule has 0 radical (unpaired) electrons. The number of aromatic nitrogens is 2. The maximum atomic E-state index is 5.88. The lowest BCUT2D eigenvalue weighted by molar-refractivity contribution is 1.34. The van der Waals surface area contributed by atoms with E-state index >= 15 is 0 Å². The Morgan fingerprint density at radius 1 is 1.45 bits per heavy atom. The summed E-state index contributed by atoms with van der Waals surface area (Å²) in [7, 11) is 0. The van der Waals surface area contributed by atoms with Crippen molar-refractivity contribution in [2.75, 3.05) is 0 Å².